The maximum absolute atomic E-state index is 13.4. The van der Waals surface area contributed by atoms with Crippen LogP contribution in [0.25, 0.3) is 0 Å². The van der Waals surface area contributed by atoms with Crippen LogP contribution in [0.5, 0.6) is 0 Å². The van der Waals surface area contributed by atoms with Gasteiger partial charge in [-0.3, -0.25) is 11.3 Å². The minimum Gasteiger partial charge on any atom is -0.271 e. The molecule has 1 atom stereocenters. The molecule has 0 saturated heterocycles. The first-order valence-electron chi connectivity index (χ1n) is 5.87. The zero-order chi connectivity index (χ0) is 14.7. The Morgan fingerprint density at radius 3 is 2.55 bits per heavy atom. The standard InChI is InChI=1S/C14H12Cl3FN2/c15-9-4-5-10(11(16)7-9)13(20-19)6-8-2-1-3-12(18)14(8)17/h1-5,7,13,20H,6,19H2. The van der Waals surface area contributed by atoms with E-state index in [0.717, 1.165) is 5.56 Å². The minimum absolute atomic E-state index is 0.0952. The van der Waals surface area contributed by atoms with Gasteiger partial charge in [0.15, 0.2) is 0 Å². The Bertz CT molecular complexity index is 619. The van der Waals surface area contributed by atoms with Crippen molar-refractivity contribution in [3.05, 3.63) is 68.4 Å². The van der Waals surface area contributed by atoms with Crippen molar-refractivity contribution in [1.29, 1.82) is 0 Å². The normalized spacial score (nSPS) is 12.4. The van der Waals surface area contributed by atoms with E-state index in [9.17, 15) is 4.39 Å². The van der Waals surface area contributed by atoms with E-state index in [-0.39, 0.29) is 11.1 Å². The van der Waals surface area contributed by atoms with Crippen LogP contribution in [0, 0.1) is 5.82 Å². The molecule has 106 valence electrons. The number of rotatable bonds is 4. The summed E-state index contributed by atoms with van der Waals surface area (Å²) in [6, 6.07) is 9.51. The van der Waals surface area contributed by atoms with Crippen molar-refractivity contribution in [2.24, 2.45) is 5.84 Å². The van der Waals surface area contributed by atoms with Crippen LogP contribution >= 0.6 is 34.8 Å². The number of nitrogens with two attached hydrogens (primary N) is 1. The lowest BCUT2D eigenvalue weighted by atomic mass is 9.99. The topological polar surface area (TPSA) is 38.0 Å². The summed E-state index contributed by atoms with van der Waals surface area (Å²) in [7, 11) is 0. The zero-order valence-electron chi connectivity index (χ0n) is 10.3. The molecule has 0 amide bonds. The number of hydrogen-bond donors (Lipinski definition) is 2. The van der Waals surface area contributed by atoms with Crippen LogP contribution in [-0.2, 0) is 6.42 Å². The van der Waals surface area contributed by atoms with Gasteiger partial charge in [-0.15, -0.1) is 0 Å². The van der Waals surface area contributed by atoms with Gasteiger partial charge in [0.05, 0.1) is 11.1 Å². The summed E-state index contributed by atoms with van der Waals surface area (Å²) in [5.41, 5.74) is 4.10. The van der Waals surface area contributed by atoms with Gasteiger partial charge in [-0.2, -0.15) is 0 Å². The van der Waals surface area contributed by atoms with Crippen molar-refractivity contribution in [3.8, 4) is 0 Å². The maximum Gasteiger partial charge on any atom is 0.142 e. The Balaban J connectivity index is 2.31. The third-order valence-electron chi connectivity index (χ3n) is 2.99. The first kappa shape index (κ1) is 15.5. The van der Waals surface area contributed by atoms with Gasteiger partial charge < -0.3 is 0 Å². The fraction of sp³-hybridized carbons (Fsp3) is 0.143. The Kier molecular flexibility index (Phi) is 5.24. The molecule has 0 saturated carbocycles. The van der Waals surface area contributed by atoms with E-state index in [1.807, 2.05) is 0 Å². The molecule has 2 rings (SSSR count). The number of nitrogens with one attached hydrogen (secondary N) is 1. The average molecular weight is 334 g/mol. The van der Waals surface area contributed by atoms with Crippen LogP contribution in [0.2, 0.25) is 15.1 Å². The molecule has 2 nitrogen and oxygen atoms in total. The second-order valence-electron chi connectivity index (χ2n) is 4.30. The van der Waals surface area contributed by atoms with E-state index in [0.29, 0.717) is 22.0 Å². The van der Waals surface area contributed by atoms with Crippen molar-refractivity contribution in [3.63, 3.8) is 0 Å². The summed E-state index contributed by atoms with van der Waals surface area (Å²) in [6.45, 7) is 0. The third-order valence-corrected chi connectivity index (χ3v) is 3.98. The Labute approximate surface area is 131 Å². The van der Waals surface area contributed by atoms with Gasteiger partial charge in [-0.1, -0.05) is 53.0 Å². The van der Waals surface area contributed by atoms with Gasteiger partial charge in [0.1, 0.15) is 5.82 Å². The highest BCUT2D eigenvalue weighted by Crippen LogP contribution is 2.30. The predicted octanol–water partition coefficient (Wildman–Crippen LogP) is 4.53. The van der Waals surface area contributed by atoms with Crippen molar-refractivity contribution < 1.29 is 4.39 Å². The average Bonchev–Trinajstić information content (AvgIpc) is 2.41. The highest BCUT2D eigenvalue weighted by Gasteiger charge is 2.17. The van der Waals surface area contributed by atoms with Crippen LogP contribution in [0.4, 0.5) is 4.39 Å². The number of hydrazine groups is 1. The van der Waals surface area contributed by atoms with E-state index in [1.54, 1.807) is 30.3 Å². The van der Waals surface area contributed by atoms with Crippen LogP contribution in [0.3, 0.4) is 0 Å². The molecule has 1 unspecified atom stereocenters. The highest BCUT2D eigenvalue weighted by molar-refractivity contribution is 6.35. The summed E-state index contributed by atoms with van der Waals surface area (Å²) in [5.74, 6) is 5.11. The van der Waals surface area contributed by atoms with Gasteiger partial charge in [0.2, 0.25) is 0 Å². The van der Waals surface area contributed by atoms with E-state index >= 15 is 0 Å². The van der Waals surface area contributed by atoms with Crippen LogP contribution in [0.15, 0.2) is 36.4 Å². The first-order valence-corrected chi connectivity index (χ1v) is 7.00. The fourth-order valence-electron chi connectivity index (χ4n) is 1.97. The quantitative estimate of drug-likeness (QED) is 0.637. The smallest absolute Gasteiger partial charge is 0.142 e. The van der Waals surface area contributed by atoms with E-state index in [4.69, 9.17) is 40.6 Å². The maximum atomic E-state index is 13.4. The number of halogens is 4. The monoisotopic (exact) mass is 332 g/mol. The highest BCUT2D eigenvalue weighted by atomic mass is 35.5. The van der Waals surface area contributed by atoms with Crippen LogP contribution < -0.4 is 11.3 Å². The van der Waals surface area contributed by atoms with Gasteiger partial charge >= 0.3 is 0 Å². The van der Waals surface area contributed by atoms with Crippen molar-refractivity contribution >= 4 is 34.8 Å². The molecular formula is C14H12Cl3FN2. The van der Waals surface area contributed by atoms with E-state index in [2.05, 4.69) is 5.43 Å². The molecule has 0 fully saturated rings. The van der Waals surface area contributed by atoms with Crippen molar-refractivity contribution in [2.45, 2.75) is 12.5 Å². The number of hydrogen-bond acceptors (Lipinski definition) is 2. The van der Waals surface area contributed by atoms with Crippen molar-refractivity contribution in [2.75, 3.05) is 0 Å². The molecule has 6 heteroatoms. The van der Waals surface area contributed by atoms with E-state index < -0.39 is 5.82 Å². The summed E-state index contributed by atoms with van der Waals surface area (Å²) in [5, 5.41) is 1.13. The Morgan fingerprint density at radius 1 is 1.15 bits per heavy atom. The zero-order valence-corrected chi connectivity index (χ0v) is 12.6. The molecule has 0 spiro atoms. The molecule has 0 bridgehead atoms. The molecule has 0 aromatic heterocycles. The molecular weight excluding hydrogens is 322 g/mol. The minimum atomic E-state index is -0.456. The molecule has 3 N–H and O–H groups in total. The molecule has 2 aromatic rings. The molecule has 0 aliphatic heterocycles. The van der Waals surface area contributed by atoms with Gasteiger partial charge in [0, 0.05) is 10.0 Å². The van der Waals surface area contributed by atoms with Gasteiger partial charge in [-0.05, 0) is 35.7 Å². The lowest BCUT2D eigenvalue weighted by molar-refractivity contribution is 0.549. The van der Waals surface area contributed by atoms with Gasteiger partial charge in [-0.25, -0.2) is 4.39 Å². The second-order valence-corrected chi connectivity index (χ2v) is 5.52. The van der Waals surface area contributed by atoms with E-state index in [1.165, 1.54) is 6.07 Å². The van der Waals surface area contributed by atoms with Crippen LogP contribution in [-0.4, -0.2) is 0 Å². The second kappa shape index (κ2) is 6.74. The summed E-state index contributed by atoms with van der Waals surface area (Å²) in [4.78, 5) is 0. The van der Waals surface area contributed by atoms with Gasteiger partial charge in [0.25, 0.3) is 0 Å². The summed E-state index contributed by atoms with van der Waals surface area (Å²) in [6.07, 6.45) is 0.411. The molecule has 20 heavy (non-hydrogen) atoms. The van der Waals surface area contributed by atoms with Crippen molar-refractivity contribution in [1.82, 2.24) is 5.43 Å². The Morgan fingerprint density at radius 2 is 1.90 bits per heavy atom. The van der Waals surface area contributed by atoms with Crippen LogP contribution in [0.1, 0.15) is 17.2 Å². The molecule has 0 radical (unpaired) electrons. The number of benzene rings is 2. The lowest BCUT2D eigenvalue weighted by Crippen LogP contribution is -2.30. The Hall–Kier alpha value is -0.840. The summed E-state index contributed by atoms with van der Waals surface area (Å²) < 4.78 is 13.4. The largest absolute Gasteiger partial charge is 0.271 e. The molecule has 0 aliphatic carbocycles. The molecule has 0 aliphatic rings. The SMILES string of the molecule is NNC(Cc1cccc(F)c1Cl)c1ccc(Cl)cc1Cl. The first-order chi connectivity index (χ1) is 9.52. The third kappa shape index (κ3) is 3.43. The fourth-order valence-corrected chi connectivity index (χ4v) is 2.71. The molecule has 2 aromatic carbocycles. The lowest BCUT2D eigenvalue weighted by Gasteiger charge is -2.18. The molecule has 0 heterocycles. The predicted molar refractivity (Wildman–Crippen MR) is 81.6 cm³/mol. The summed E-state index contributed by atoms with van der Waals surface area (Å²) >= 11 is 18.0.